The molecule has 1 saturated carbocycles. The highest BCUT2D eigenvalue weighted by molar-refractivity contribution is 5.99. The van der Waals surface area contributed by atoms with Crippen LogP contribution in [-0.4, -0.2) is 33.7 Å². The van der Waals surface area contributed by atoms with Gasteiger partial charge in [0, 0.05) is 43.6 Å². The molecule has 1 atom stereocenters. The highest BCUT2D eigenvalue weighted by Gasteiger charge is 2.35. The van der Waals surface area contributed by atoms with Crippen molar-refractivity contribution in [2.75, 3.05) is 23.7 Å². The van der Waals surface area contributed by atoms with Crippen LogP contribution in [0.4, 0.5) is 20.2 Å². The van der Waals surface area contributed by atoms with Crippen molar-refractivity contribution in [2.24, 2.45) is 0 Å². The number of benzene rings is 1. The Morgan fingerprint density at radius 1 is 1.23 bits per heavy atom. The Kier molecular flexibility index (Phi) is 4.42. The summed E-state index contributed by atoms with van der Waals surface area (Å²) in [7, 11) is 0. The maximum atomic E-state index is 15.8. The fourth-order valence-electron chi connectivity index (χ4n) is 4.48. The molecule has 1 aliphatic heterocycles. The summed E-state index contributed by atoms with van der Waals surface area (Å²) in [6, 6.07) is 3.61. The van der Waals surface area contributed by atoms with E-state index < -0.39 is 39.7 Å². The van der Waals surface area contributed by atoms with Gasteiger partial charge < -0.3 is 20.3 Å². The summed E-state index contributed by atoms with van der Waals surface area (Å²) in [5, 5.41) is 8.98. The zero-order valence-electron chi connectivity index (χ0n) is 16.5. The van der Waals surface area contributed by atoms with Crippen LogP contribution >= 0.6 is 0 Å². The zero-order valence-corrected chi connectivity index (χ0v) is 16.5. The third kappa shape index (κ3) is 3.03. The lowest BCUT2D eigenvalue weighted by molar-refractivity contribution is 0.0695. The molecule has 0 amide bonds. The van der Waals surface area contributed by atoms with E-state index in [1.807, 2.05) is 12.1 Å². The van der Waals surface area contributed by atoms with E-state index in [0.29, 0.717) is 19.5 Å². The SMILES string of the molecule is Nc1c(F)c(N2CCC(c3cccnc3)C2)c(F)c2c1c(=O)c(C(=O)O)cn2C1CC1. The van der Waals surface area contributed by atoms with Gasteiger partial charge in [-0.15, -0.1) is 0 Å². The normalized spacial score (nSPS) is 18.6. The average molecular weight is 426 g/mol. The Hall–Kier alpha value is -3.49. The van der Waals surface area contributed by atoms with Crippen molar-refractivity contribution < 1.29 is 18.7 Å². The van der Waals surface area contributed by atoms with Crippen LogP contribution in [0.5, 0.6) is 0 Å². The molecular formula is C22H20F2N4O3. The number of nitrogens with two attached hydrogens (primary N) is 1. The maximum Gasteiger partial charge on any atom is 0.341 e. The van der Waals surface area contributed by atoms with Gasteiger partial charge in [0.25, 0.3) is 0 Å². The van der Waals surface area contributed by atoms with Crippen molar-refractivity contribution >= 4 is 28.2 Å². The lowest BCUT2D eigenvalue weighted by atomic mass is 10.0. The number of hydrogen-bond acceptors (Lipinski definition) is 5. The fourth-order valence-corrected chi connectivity index (χ4v) is 4.48. The number of nitrogens with zero attached hydrogens (tertiary/aromatic N) is 3. The highest BCUT2D eigenvalue weighted by atomic mass is 19.1. The predicted octanol–water partition coefficient (Wildman–Crippen LogP) is 3.28. The quantitative estimate of drug-likeness (QED) is 0.621. The van der Waals surface area contributed by atoms with E-state index in [0.717, 1.165) is 24.6 Å². The molecule has 0 spiro atoms. The molecule has 1 saturated heterocycles. The second-order valence-electron chi connectivity index (χ2n) is 8.15. The van der Waals surface area contributed by atoms with Gasteiger partial charge in [0.05, 0.1) is 16.6 Å². The van der Waals surface area contributed by atoms with Gasteiger partial charge in [0.2, 0.25) is 5.43 Å². The molecular weight excluding hydrogens is 406 g/mol. The minimum atomic E-state index is -1.45. The molecule has 0 bridgehead atoms. The molecule has 3 N–H and O–H groups in total. The second-order valence-corrected chi connectivity index (χ2v) is 8.15. The summed E-state index contributed by atoms with van der Waals surface area (Å²) in [4.78, 5) is 30.0. The van der Waals surface area contributed by atoms with Crippen LogP contribution in [0.15, 0.2) is 35.5 Å². The van der Waals surface area contributed by atoms with Gasteiger partial charge in [-0.05, 0) is 30.9 Å². The molecule has 9 heteroatoms. The van der Waals surface area contributed by atoms with E-state index in [2.05, 4.69) is 4.98 Å². The molecule has 3 aromatic rings. The molecule has 160 valence electrons. The molecule has 1 aromatic carbocycles. The number of aromatic nitrogens is 2. The summed E-state index contributed by atoms with van der Waals surface area (Å²) in [5.41, 5.74) is 4.53. The van der Waals surface area contributed by atoms with Crippen LogP contribution in [0.2, 0.25) is 0 Å². The van der Waals surface area contributed by atoms with Gasteiger partial charge in [0.15, 0.2) is 11.6 Å². The smallest absolute Gasteiger partial charge is 0.341 e. The van der Waals surface area contributed by atoms with E-state index >= 15 is 8.78 Å². The van der Waals surface area contributed by atoms with Gasteiger partial charge in [-0.3, -0.25) is 9.78 Å². The van der Waals surface area contributed by atoms with E-state index in [4.69, 9.17) is 5.73 Å². The number of nitrogen functional groups attached to an aromatic ring is 1. The highest BCUT2D eigenvalue weighted by Crippen LogP contribution is 2.43. The first-order valence-corrected chi connectivity index (χ1v) is 10.1. The van der Waals surface area contributed by atoms with Crippen molar-refractivity contribution in [2.45, 2.75) is 31.2 Å². The first-order valence-electron chi connectivity index (χ1n) is 10.1. The molecule has 1 unspecified atom stereocenters. The van der Waals surface area contributed by atoms with Crippen molar-refractivity contribution in [1.29, 1.82) is 0 Å². The molecule has 2 aromatic heterocycles. The third-order valence-electron chi connectivity index (χ3n) is 6.20. The number of carbonyl (C=O) groups is 1. The molecule has 3 heterocycles. The number of halogens is 2. The van der Waals surface area contributed by atoms with E-state index in [1.165, 1.54) is 4.57 Å². The number of fused-ring (bicyclic) bond motifs is 1. The number of carboxylic acids is 1. The van der Waals surface area contributed by atoms with E-state index in [-0.39, 0.29) is 23.2 Å². The lowest BCUT2D eigenvalue weighted by Crippen LogP contribution is -2.26. The van der Waals surface area contributed by atoms with Crippen molar-refractivity contribution in [3.63, 3.8) is 0 Å². The minimum absolute atomic E-state index is 0.0597. The Bertz CT molecular complexity index is 1270. The van der Waals surface area contributed by atoms with Crippen LogP contribution in [0.1, 0.15) is 47.1 Å². The molecule has 2 aliphatic rings. The Morgan fingerprint density at radius 2 is 2.00 bits per heavy atom. The van der Waals surface area contributed by atoms with E-state index in [1.54, 1.807) is 17.3 Å². The lowest BCUT2D eigenvalue weighted by Gasteiger charge is -2.24. The topological polar surface area (TPSA) is 101 Å². The summed E-state index contributed by atoms with van der Waals surface area (Å²) >= 11 is 0. The second kappa shape index (κ2) is 7.04. The van der Waals surface area contributed by atoms with Crippen LogP contribution in [0.3, 0.4) is 0 Å². The molecule has 5 rings (SSSR count). The molecule has 7 nitrogen and oxygen atoms in total. The average Bonchev–Trinajstić information content (AvgIpc) is 3.49. The van der Waals surface area contributed by atoms with E-state index in [9.17, 15) is 14.7 Å². The summed E-state index contributed by atoms with van der Waals surface area (Å²) < 4.78 is 32.6. The van der Waals surface area contributed by atoms with Crippen molar-refractivity contribution in [1.82, 2.24) is 9.55 Å². The molecule has 0 radical (unpaired) electrons. The number of anilines is 2. The monoisotopic (exact) mass is 426 g/mol. The third-order valence-corrected chi connectivity index (χ3v) is 6.20. The van der Waals surface area contributed by atoms with Crippen LogP contribution in [0, 0.1) is 11.6 Å². The molecule has 31 heavy (non-hydrogen) atoms. The molecule has 2 fully saturated rings. The largest absolute Gasteiger partial charge is 0.477 e. The number of aromatic carboxylic acids is 1. The molecule has 1 aliphatic carbocycles. The first-order chi connectivity index (χ1) is 14.9. The van der Waals surface area contributed by atoms with Gasteiger partial charge >= 0.3 is 5.97 Å². The Morgan fingerprint density at radius 3 is 2.65 bits per heavy atom. The summed E-state index contributed by atoms with van der Waals surface area (Å²) in [6.07, 6.45) is 6.69. The number of rotatable bonds is 4. The van der Waals surface area contributed by atoms with Crippen molar-refractivity contribution in [3.8, 4) is 0 Å². The maximum absolute atomic E-state index is 15.8. The number of carboxylic acid groups (broad SMARTS) is 1. The number of pyridine rings is 2. The Balaban J connectivity index is 1.69. The van der Waals surface area contributed by atoms with Gasteiger partial charge in [0.1, 0.15) is 11.3 Å². The first kappa shape index (κ1) is 19.5. The van der Waals surface area contributed by atoms with Crippen LogP contribution < -0.4 is 16.1 Å². The zero-order chi connectivity index (χ0) is 21.9. The standard InChI is InChI=1S/C22H20F2N4O3/c23-16-18(25)15-19(28(13-3-4-13)10-14(21(15)29)22(30)31)17(24)20(16)27-7-5-12(9-27)11-2-1-6-26-8-11/h1-2,6,8,10,12-13H,3-5,7,9,25H2,(H,30,31). The summed E-state index contributed by atoms with van der Waals surface area (Å²) in [5.74, 6) is -3.30. The minimum Gasteiger partial charge on any atom is -0.477 e. The van der Waals surface area contributed by atoms with Crippen LogP contribution in [-0.2, 0) is 0 Å². The van der Waals surface area contributed by atoms with Gasteiger partial charge in [-0.25, -0.2) is 13.6 Å². The fraction of sp³-hybridized carbons (Fsp3) is 0.318. The Labute approximate surface area is 175 Å². The van der Waals surface area contributed by atoms with Crippen LogP contribution in [0.25, 0.3) is 10.9 Å². The van der Waals surface area contributed by atoms with Gasteiger partial charge in [-0.1, -0.05) is 6.07 Å². The summed E-state index contributed by atoms with van der Waals surface area (Å²) in [6.45, 7) is 0.796. The predicted molar refractivity (Wildman–Crippen MR) is 112 cm³/mol. The number of hydrogen-bond donors (Lipinski definition) is 2. The van der Waals surface area contributed by atoms with Gasteiger partial charge in [-0.2, -0.15) is 0 Å². The van der Waals surface area contributed by atoms with Crippen molar-refractivity contribution in [3.05, 3.63) is 63.7 Å².